The average molecular weight is 408 g/mol. The molecule has 4 rings (SSSR count). The van der Waals surface area contributed by atoms with Crippen molar-refractivity contribution in [3.63, 3.8) is 0 Å². The van der Waals surface area contributed by atoms with Gasteiger partial charge in [0, 0.05) is 11.6 Å². The maximum Gasteiger partial charge on any atom is 0.416 e. The lowest BCUT2D eigenvalue weighted by atomic mass is 10.00. The van der Waals surface area contributed by atoms with Gasteiger partial charge in [-0.05, 0) is 55.6 Å². The number of nitrogens with zero attached hydrogens (tertiary/aromatic N) is 2. The fraction of sp³-hybridized carbons (Fsp3) is 0.381. The van der Waals surface area contributed by atoms with Gasteiger partial charge in [0.05, 0.1) is 22.6 Å². The molecule has 0 spiro atoms. The first kappa shape index (κ1) is 19.3. The second-order valence-corrected chi connectivity index (χ2v) is 7.86. The molecule has 0 saturated carbocycles. The normalized spacial score (nSPS) is 18.7. The summed E-state index contributed by atoms with van der Waals surface area (Å²) in [7, 11) is 0. The van der Waals surface area contributed by atoms with E-state index < -0.39 is 11.7 Å². The number of hydrogen-bond donors (Lipinski definition) is 1. The van der Waals surface area contributed by atoms with Crippen LogP contribution >= 0.6 is 11.6 Å². The van der Waals surface area contributed by atoms with E-state index in [9.17, 15) is 13.2 Å². The number of nitrogens with one attached hydrogen (secondary N) is 1. The highest BCUT2D eigenvalue weighted by Crippen LogP contribution is 2.34. The number of halogens is 4. The van der Waals surface area contributed by atoms with Crippen molar-refractivity contribution < 1.29 is 13.2 Å². The first-order valence-corrected chi connectivity index (χ1v) is 9.75. The SMILES string of the molecule is Cc1cc(Cl)cc2[nH]c(C3CCCCN3Cc3cccc(C(F)(F)F)c3)nc12. The third-order valence-electron chi connectivity index (χ3n) is 5.33. The summed E-state index contributed by atoms with van der Waals surface area (Å²) in [5.74, 6) is 0.854. The third-order valence-corrected chi connectivity index (χ3v) is 5.55. The first-order chi connectivity index (χ1) is 13.3. The zero-order chi connectivity index (χ0) is 19.9. The van der Waals surface area contributed by atoms with E-state index in [0.29, 0.717) is 17.1 Å². The summed E-state index contributed by atoms with van der Waals surface area (Å²) in [4.78, 5) is 10.4. The molecule has 3 aromatic rings. The van der Waals surface area contributed by atoms with Crippen molar-refractivity contribution in [2.24, 2.45) is 0 Å². The van der Waals surface area contributed by atoms with Gasteiger partial charge in [-0.2, -0.15) is 13.2 Å². The highest BCUT2D eigenvalue weighted by atomic mass is 35.5. The number of rotatable bonds is 3. The Kier molecular flexibility index (Phi) is 5.10. The van der Waals surface area contributed by atoms with Gasteiger partial charge in [-0.3, -0.25) is 4.90 Å². The molecule has 2 aromatic carbocycles. The van der Waals surface area contributed by atoms with Gasteiger partial charge < -0.3 is 4.98 Å². The highest BCUT2D eigenvalue weighted by Gasteiger charge is 2.31. The van der Waals surface area contributed by atoms with Crippen LogP contribution < -0.4 is 0 Å². The summed E-state index contributed by atoms with van der Waals surface area (Å²) in [6, 6.07) is 9.38. The van der Waals surface area contributed by atoms with Crippen molar-refractivity contribution >= 4 is 22.6 Å². The van der Waals surface area contributed by atoms with Crippen LogP contribution in [0.2, 0.25) is 5.02 Å². The van der Waals surface area contributed by atoms with E-state index in [1.165, 1.54) is 12.1 Å². The molecule has 0 bridgehead atoms. The molecule has 0 amide bonds. The van der Waals surface area contributed by atoms with E-state index >= 15 is 0 Å². The lowest BCUT2D eigenvalue weighted by Crippen LogP contribution is -2.33. The summed E-state index contributed by atoms with van der Waals surface area (Å²) in [5, 5.41) is 0.657. The van der Waals surface area contributed by atoms with Gasteiger partial charge in [-0.1, -0.05) is 36.2 Å². The Morgan fingerprint density at radius 1 is 1.21 bits per heavy atom. The van der Waals surface area contributed by atoms with Gasteiger partial charge in [0.2, 0.25) is 0 Å². The lowest BCUT2D eigenvalue weighted by Gasteiger charge is -2.34. The minimum atomic E-state index is -4.33. The second kappa shape index (κ2) is 7.41. The molecule has 1 aliphatic rings. The predicted molar refractivity (Wildman–Crippen MR) is 104 cm³/mol. The second-order valence-electron chi connectivity index (χ2n) is 7.42. The van der Waals surface area contributed by atoms with E-state index in [1.54, 1.807) is 6.07 Å². The molecule has 28 heavy (non-hydrogen) atoms. The largest absolute Gasteiger partial charge is 0.416 e. The minimum Gasteiger partial charge on any atom is -0.341 e. The van der Waals surface area contributed by atoms with Gasteiger partial charge in [0.25, 0.3) is 0 Å². The molecule has 0 aliphatic carbocycles. The molecule has 1 saturated heterocycles. The van der Waals surface area contributed by atoms with E-state index in [0.717, 1.165) is 54.3 Å². The molecule has 1 unspecified atom stereocenters. The number of aryl methyl sites for hydroxylation is 1. The summed E-state index contributed by atoms with van der Waals surface area (Å²) in [6.45, 7) is 3.27. The predicted octanol–water partition coefficient (Wildman–Crippen LogP) is 6.27. The van der Waals surface area contributed by atoms with Crippen molar-refractivity contribution in [2.75, 3.05) is 6.54 Å². The van der Waals surface area contributed by atoms with Gasteiger partial charge >= 0.3 is 6.18 Å². The lowest BCUT2D eigenvalue weighted by molar-refractivity contribution is -0.137. The zero-order valence-corrected chi connectivity index (χ0v) is 16.2. The van der Waals surface area contributed by atoms with E-state index in [-0.39, 0.29) is 6.04 Å². The van der Waals surface area contributed by atoms with Crippen LogP contribution in [-0.2, 0) is 12.7 Å². The Morgan fingerprint density at radius 2 is 2.04 bits per heavy atom. The quantitative estimate of drug-likeness (QED) is 0.554. The number of aromatic amines is 1. The first-order valence-electron chi connectivity index (χ1n) is 9.37. The molecule has 2 heterocycles. The zero-order valence-electron chi connectivity index (χ0n) is 15.5. The van der Waals surface area contributed by atoms with Crippen LogP contribution in [0.3, 0.4) is 0 Å². The smallest absolute Gasteiger partial charge is 0.341 e. The number of likely N-dealkylation sites (tertiary alicyclic amines) is 1. The molecule has 1 aliphatic heterocycles. The molecule has 1 aromatic heterocycles. The van der Waals surface area contributed by atoms with Crippen LogP contribution in [0.25, 0.3) is 11.0 Å². The molecular weight excluding hydrogens is 387 g/mol. The third kappa shape index (κ3) is 3.89. The van der Waals surface area contributed by atoms with Gasteiger partial charge in [0.1, 0.15) is 5.82 Å². The van der Waals surface area contributed by atoms with Crippen molar-refractivity contribution in [1.82, 2.24) is 14.9 Å². The average Bonchev–Trinajstić information content (AvgIpc) is 3.06. The Balaban J connectivity index is 1.63. The van der Waals surface area contributed by atoms with Gasteiger partial charge in [-0.15, -0.1) is 0 Å². The standard InChI is InChI=1S/C21H21ClF3N3/c1-13-9-16(22)11-17-19(13)27-20(26-17)18-7-2-3-8-28(18)12-14-5-4-6-15(10-14)21(23,24)25/h4-6,9-11,18H,2-3,7-8,12H2,1H3,(H,26,27). The topological polar surface area (TPSA) is 31.9 Å². The maximum atomic E-state index is 13.0. The number of hydrogen-bond acceptors (Lipinski definition) is 2. The van der Waals surface area contributed by atoms with Crippen molar-refractivity contribution in [2.45, 2.75) is 44.9 Å². The molecule has 3 nitrogen and oxygen atoms in total. The Morgan fingerprint density at radius 3 is 2.82 bits per heavy atom. The highest BCUT2D eigenvalue weighted by molar-refractivity contribution is 6.31. The van der Waals surface area contributed by atoms with Crippen LogP contribution in [0.15, 0.2) is 36.4 Å². The van der Waals surface area contributed by atoms with Crippen molar-refractivity contribution in [3.05, 3.63) is 63.9 Å². The monoisotopic (exact) mass is 407 g/mol. The number of alkyl halides is 3. The van der Waals surface area contributed by atoms with Crippen LogP contribution in [0.1, 0.15) is 47.8 Å². The Hall–Kier alpha value is -2.05. The number of benzene rings is 2. The van der Waals surface area contributed by atoms with Crippen molar-refractivity contribution in [1.29, 1.82) is 0 Å². The van der Waals surface area contributed by atoms with Crippen LogP contribution in [0.4, 0.5) is 13.2 Å². The summed E-state index contributed by atoms with van der Waals surface area (Å²) < 4.78 is 39.1. The molecule has 1 fully saturated rings. The summed E-state index contributed by atoms with van der Waals surface area (Å²) in [6.07, 6.45) is -1.31. The van der Waals surface area contributed by atoms with Crippen LogP contribution in [0.5, 0.6) is 0 Å². The number of piperidine rings is 1. The van der Waals surface area contributed by atoms with E-state index in [1.807, 2.05) is 19.1 Å². The van der Waals surface area contributed by atoms with Gasteiger partial charge in [-0.25, -0.2) is 4.98 Å². The summed E-state index contributed by atoms with van der Waals surface area (Å²) in [5.41, 5.74) is 2.85. The van der Waals surface area contributed by atoms with Crippen molar-refractivity contribution in [3.8, 4) is 0 Å². The molecule has 7 heteroatoms. The molecule has 0 radical (unpaired) electrons. The molecule has 1 atom stereocenters. The fourth-order valence-electron chi connectivity index (χ4n) is 3.99. The van der Waals surface area contributed by atoms with Crippen LogP contribution in [0, 0.1) is 6.92 Å². The number of imidazole rings is 1. The number of aromatic nitrogens is 2. The molecular formula is C21H21ClF3N3. The number of fused-ring (bicyclic) bond motifs is 1. The number of H-pyrrole nitrogens is 1. The molecule has 148 valence electrons. The Bertz CT molecular complexity index is 996. The van der Waals surface area contributed by atoms with Crippen LogP contribution in [-0.4, -0.2) is 21.4 Å². The minimum absolute atomic E-state index is 0.0499. The maximum absolute atomic E-state index is 13.0. The Labute approximate surface area is 166 Å². The van der Waals surface area contributed by atoms with E-state index in [2.05, 4.69) is 9.88 Å². The van der Waals surface area contributed by atoms with Gasteiger partial charge in [0.15, 0.2) is 0 Å². The fourth-order valence-corrected chi connectivity index (χ4v) is 4.27. The summed E-state index contributed by atoms with van der Waals surface area (Å²) >= 11 is 6.16. The molecule has 1 N–H and O–H groups in total. The van der Waals surface area contributed by atoms with E-state index in [4.69, 9.17) is 16.6 Å².